The first kappa shape index (κ1) is 13.9. The number of aromatic hydroxyl groups is 1. The van der Waals surface area contributed by atoms with Crippen molar-refractivity contribution >= 4 is 28.6 Å². The molecule has 0 amide bonds. The van der Waals surface area contributed by atoms with Gasteiger partial charge in [-0.25, -0.2) is 4.79 Å². The van der Waals surface area contributed by atoms with Gasteiger partial charge in [0.1, 0.15) is 5.75 Å². The third kappa shape index (κ3) is 3.42. The van der Waals surface area contributed by atoms with E-state index in [2.05, 4.69) is 4.74 Å². The van der Waals surface area contributed by atoms with E-state index >= 15 is 0 Å². The molecule has 1 aromatic rings. The van der Waals surface area contributed by atoms with Gasteiger partial charge in [-0.3, -0.25) is 0 Å². The maximum atomic E-state index is 12.6. The van der Waals surface area contributed by atoms with Crippen LogP contribution in [-0.4, -0.2) is 24.1 Å². The average Bonchev–Trinajstić information content (AvgIpc) is 2.21. The van der Waals surface area contributed by atoms with Crippen molar-refractivity contribution in [1.29, 1.82) is 0 Å². The quantitative estimate of drug-likeness (QED) is 0.513. The standard InChI is InChI=1S/C10H9F2IO4/c1-10(11,12)9(15)17-5-3-6(13)8(14)7(4-5)16-2/h3-4,14H,1-2H3. The molecule has 17 heavy (non-hydrogen) atoms. The van der Waals surface area contributed by atoms with E-state index < -0.39 is 11.9 Å². The summed E-state index contributed by atoms with van der Waals surface area (Å²) in [5, 5.41) is 9.49. The fraction of sp³-hybridized carbons (Fsp3) is 0.300. The minimum atomic E-state index is -3.57. The first-order chi connectivity index (χ1) is 7.75. The molecule has 0 aromatic heterocycles. The molecule has 1 N–H and O–H groups in total. The number of benzene rings is 1. The van der Waals surface area contributed by atoms with Crippen LogP contribution in [0.2, 0.25) is 0 Å². The monoisotopic (exact) mass is 358 g/mol. The molecule has 0 saturated carbocycles. The number of phenols is 1. The molecule has 0 spiro atoms. The van der Waals surface area contributed by atoms with Crippen LogP contribution in [0.15, 0.2) is 12.1 Å². The van der Waals surface area contributed by atoms with E-state index in [1.807, 2.05) is 0 Å². The smallest absolute Gasteiger partial charge is 0.382 e. The van der Waals surface area contributed by atoms with Crippen molar-refractivity contribution in [3.63, 3.8) is 0 Å². The van der Waals surface area contributed by atoms with Gasteiger partial charge in [-0.1, -0.05) is 0 Å². The summed E-state index contributed by atoms with van der Waals surface area (Å²) in [6.45, 7) is 0.442. The second-order valence-corrected chi connectivity index (χ2v) is 4.40. The van der Waals surface area contributed by atoms with Gasteiger partial charge in [-0.15, -0.1) is 0 Å². The zero-order chi connectivity index (χ0) is 13.2. The van der Waals surface area contributed by atoms with Gasteiger partial charge < -0.3 is 14.6 Å². The van der Waals surface area contributed by atoms with Crippen LogP contribution in [0.5, 0.6) is 17.2 Å². The van der Waals surface area contributed by atoms with Gasteiger partial charge in [-0.05, 0) is 28.7 Å². The number of halogens is 3. The van der Waals surface area contributed by atoms with Crippen LogP contribution in [0.4, 0.5) is 8.78 Å². The topological polar surface area (TPSA) is 55.8 Å². The predicted octanol–water partition coefficient (Wildman–Crippen LogP) is 2.57. The predicted molar refractivity (Wildman–Crippen MR) is 63.6 cm³/mol. The van der Waals surface area contributed by atoms with Crippen molar-refractivity contribution in [1.82, 2.24) is 0 Å². The lowest BCUT2D eigenvalue weighted by molar-refractivity contribution is -0.158. The first-order valence-corrected chi connectivity index (χ1v) is 5.50. The highest BCUT2D eigenvalue weighted by Crippen LogP contribution is 2.35. The van der Waals surface area contributed by atoms with E-state index in [9.17, 15) is 18.7 Å². The number of rotatable bonds is 3. The molecule has 0 fully saturated rings. The molecule has 0 radical (unpaired) electrons. The fourth-order valence-corrected chi connectivity index (χ4v) is 1.53. The average molecular weight is 358 g/mol. The lowest BCUT2D eigenvalue weighted by Gasteiger charge is -2.12. The molecule has 94 valence electrons. The van der Waals surface area contributed by atoms with Crippen LogP contribution in [0.3, 0.4) is 0 Å². The SMILES string of the molecule is COc1cc(OC(=O)C(C)(F)F)cc(I)c1O. The molecule has 1 rings (SSSR count). The van der Waals surface area contributed by atoms with Crippen LogP contribution in [-0.2, 0) is 4.79 Å². The molecule has 0 aliphatic heterocycles. The molecule has 0 unspecified atom stereocenters. The number of hydrogen-bond donors (Lipinski definition) is 1. The summed E-state index contributed by atoms with van der Waals surface area (Å²) in [7, 11) is 1.30. The number of alkyl halides is 2. The van der Waals surface area contributed by atoms with Gasteiger partial charge >= 0.3 is 11.9 Å². The number of carbonyl (C=O) groups is 1. The Morgan fingerprint density at radius 3 is 2.53 bits per heavy atom. The Bertz CT molecular complexity index is 443. The first-order valence-electron chi connectivity index (χ1n) is 4.42. The Hall–Kier alpha value is -1.12. The molecule has 7 heteroatoms. The van der Waals surface area contributed by atoms with Crippen molar-refractivity contribution in [2.45, 2.75) is 12.8 Å². The number of methoxy groups -OCH3 is 1. The second kappa shape index (κ2) is 5.03. The summed E-state index contributed by atoms with van der Waals surface area (Å²) < 4.78 is 34.8. The van der Waals surface area contributed by atoms with E-state index in [0.717, 1.165) is 6.07 Å². The maximum Gasteiger partial charge on any atom is 0.382 e. The molecule has 0 aliphatic rings. The lowest BCUT2D eigenvalue weighted by Crippen LogP contribution is -2.29. The van der Waals surface area contributed by atoms with E-state index in [1.165, 1.54) is 13.2 Å². The molecular formula is C10H9F2IO4. The van der Waals surface area contributed by atoms with Crippen LogP contribution in [0.1, 0.15) is 6.92 Å². The summed E-state index contributed by atoms with van der Waals surface area (Å²) >= 11 is 1.76. The molecular weight excluding hydrogens is 349 g/mol. The third-order valence-corrected chi connectivity index (χ3v) is 2.61. The summed E-state index contributed by atoms with van der Waals surface area (Å²) in [4.78, 5) is 11.0. The Balaban J connectivity index is 3.01. The summed E-state index contributed by atoms with van der Waals surface area (Å²) in [5.41, 5.74) is 0. The van der Waals surface area contributed by atoms with Gasteiger partial charge in [0.2, 0.25) is 0 Å². The van der Waals surface area contributed by atoms with Crippen LogP contribution in [0, 0.1) is 3.57 Å². The molecule has 0 heterocycles. The maximum absolute atomic E-state index is 12.6. The molecule has 0 bridgehead atoms. The van der Waals surface area contributed by atoms with E-state index in [1.54, 1.807) is 22.6 Å². The second-order valence-electron chi connectivity index (χ2n) is 3.23. The van der Waals surface area contributed by atoms with Crippen molar-refractivity contribution in [3.8, 4) is 17.2 Å². The van der Waals surface area contributed by atoms with E-state index in [4.69, 9.17) is 4.74 Å². The molecule has 1 aromatic carbocycles. The van der Waals surface area contributed by atoms with Gasteiger partial charge in [0.15, 0.2) is 11.5 Å². The van der Waals surface area contributed by atoms with Gasteiger partial charge in [-0.2, -0.15) is 8.78 Å². The number of ether oxygens (including phenoxy) is 2. The van der Waals surface area contributed by atoms with Crippen molar-refractivity contribution in [2.75, 3.05) is 7.11 Å². The van der Waals surface area contributed by atoms with Crippen LogP contribution >= 0.6 is 22.6 Å². The molecule has 4 nitrogen and oxygen atoms in total. The zero-order valence-corrected chi connectivity index (χ0v) is 11.1. The summed E-state index contributed by atoms with van der Waals surface area (Å²) in [5.74, 6) is -5.46. The summed E-state index contributed by atoms with van der Waals surface area (Å²) in [6, 6.07) is 2.41. The normalized spacial score (nSPS) is 11.1. The Morgan fingerprint density at radius 2 is 2.06 bits per heavy atom. The third-order valence-electron chi connectivity index (χ3n) is 1.79. The van der Waals surface area contributed by atoms with Crippen molar-refractivity contribution < 1.29 is 28.2 Å². The van der Waals surface area contributed by atoms with Crippen molar-refractivity contribution in [3.05, 3.63) is 15.7 Å². The highest BCUT2D eigenvalue weighted by atomic mass is 127. The number of esters is 1. The number of carbonyl (C=O) groups excluding carboxylic acids is 1. The van der Waals surface area contributed by atoms with Gasteiger partial charge in [0, 0.05) is 13.0 Å². The Kier molecular flexibility index (Phi) is 4.12. The highest BCUT2D eigenvalue weighted by Gasteiger charge is 2.35. The Labute approximate surface area is 110 Å². The minimum Gasteiger partial charge on any atom is -0.504 e. The van der Waals surface area contributed by atoms with Gasteiger partial charge in [0.25, 0.3) is 0 Å². The van der Waals surface area contributed by atoms with E-state index in [0.29, 0.717) is 10.5 Å². The number of phenolic OH excluding ortho intramolecular Hbond substituents is 1. The zero-order valence-electron chi connectivity index (χ0n) is 8.96. The van der Waals surface area contributed by atoms with E-state index in [-0.39, 0.29) is 17.2 Å². The van der Waals surface area contributed by atoms with Crippen LogP contribution in [0.25, 0.3) is 0 Å². The minimum absolute atomic E-state index is 0.0409. The van der Waals surface area contributed by atoms with Crippen molar-refractivity contribution in [2.24, 2.45) is 0 Å². The fourth-order valence-electron chi connectivity index (χ4n) is 0.961. The van der Waals surface area contributed by atoms with Crippen LogP contribution < -0.4 is 9.47 Å². The lowest BCUT2D eigenvalue weighted by atomic mass is 10.3. The largest absolute Gasteiger partial charge is 0.504 e. The molecule has 0 aliphatic carbocycles. The number of hydrogen-bond acceptors (Lipinski definition) is 4. The highest BCUT2D eigenvalue weighted by molar-refractivity contribution is 14.1. The Morgan fingerprint density at radius 1 is 1.47 bits per heavy atom. The molecule has 0 atom stereocenters. The molecule has 0 saturated heterocycles. The summed E-state index contributed by atoms with van der Waals surface area (Å²) in [6.07, 6.45) is 0. The van der Waals surface area contributed by atoms with Gasteiger partial charge in [0.05, 0.1) is 10.7 Å².